The van der Waals surface area contributed by atoms with E-state index in [4.69, 9.17) is 4.74 Å². The Labute approximate surface area is 150 Å². The molecule has 0 aliphatic heterocycles. The lowest BCUT2D eigenvalue weighted by Crippen LogP contribution is -2.41. The van der Waals surface area contributed by atoms with E-state index in [1.807, 2.05) is 0 Å². The molecular weight excluding hydrogens is 334 g/mol. The zero-order valence-corrected chi connectivity index (χ0v) is 14.2. The van der Waals surface area contributed by atoms with Crippen LogP contribution in [-0.4, -0.2) is 24.8 Å². The molecule has 0 spiro atoms. The first-order valence-electron chi connectivity index (χ1n) is 8.22. The predicted octanol–water partition coefficient (Wildman–Crippen LogP) is 2.12. The Kier molecular flexibility index (Phi) is 5.17. The molecule has 0 radical (unpaired) electrons. The van der Waals surface area contributed by atoms with Gasteiger partial charge in [0.25, 0.3) is 11.8 Å². The van der Waals surface area contributed by atoms with Crippen molar-refractivity contribution in [1.29, 1.82) is 0 Å². The van der Waals surface area contributed by atoms with E-state index in [0.717, 1.165) is 12.8 Å². The predicted molar refractivity (Wildman–Crippen MR) is 95.7 cm³/mol. The van der Waals surface area contributed by atoms with Crippen molar-refractivity contribution < 1.29 is 19.1 Å². The molecule has 2 aromatic carbocycles. The highest BCUT2D eigenvalue weighted by Gasteiger charge is 2.29. The maximum Gasteiger partial charge on any atom is 0.269 e. The topological polar surface area (TPSA) is 96.5 Å². The first kappa shape index (κ1) is 17.5. The van der Waals surface area contributed by atoms with Gasteiger partial charge in [0.05, 0.1) is 7.11 Å². The van der Waals surface area contributed by atoms with Gasteiger partial charge in [-0.05, 0) is 61.4 Å². The molecule has 1 fully saturated rings. The van der Waals surface area contributed by atoms with Gasteiger partial charge in [-0.3, -0.25) is 25.2 Å². The number of hydrogen-bond acceptors (Lipinski definition) is 4. The average Bonchev–Trinajstić information content (AvgIpc) is 3.52. The third-order valence-corrected chi connectivity index (χ3v) is 4.00. The molecule has 0 heterocycles. The van der Waals surface area contributed by atoms with E-state index in [9.17, 15) is 14.4 Å². The molecule has 26 heavy (non-hydrogen) atoms. The van der Waals surface area contributed by atoms with Crippen LogP contribution >= 0.6 is 0 Å². The van der Waals surface area contributed by atoms with Gasteiger partial charge < -0.3 is 10.1 Å². The largest absolute Gasteiger partial charge is 0.497 e. The minimum atomic E-state index is -0.452. The molecule has 1 saturated carbocycles. The Bertz CT molecular complexity index is 812. The third-order valence-electron chi connectivity index (χ3n) is 4.00. The van der Waals surface area contributed by atoms with Gasteiger partial charge in [-0.1, -0.05) is 0 Å². The number of hydrazine groups is 1. The molecule has 7 nitrogen and oxygen atoms in total. The summed E-state index contributed by atoms with van der Waals surface area (Å²) in [7, 11) is 1.54. The SMILES string of the molecule is COc1ccc(C(=O)NNC(=O)c2ccc(NC(=O)C3CC3)cc2)cc1. The minimum absolute atomic E-state index is 0.00829. The highest BCUT2D eigenvalue weighted by atomic mass is 16.5. The van der Waals surface area contributed by atoms with Crippen molar-refractivity contribution >= 4 is 23.4 Å². The number of carbonyl (C=O) groups is 3. The molecule has 0 bridgehead atoms. The second-order valence-electron chi connectivity index (χ2n) is 5.98. The van der Waals surface area contributed by atoms with Crippen LogP contribution in [0.4, 0.5) is 5.69 Å². The molecule has 2 aromatic rings. The van der Waals surface area contributed by atoms with Gasteiger partial charge in [0, 0.05) is 22.7 Å². The van der Waals surface area contributed by atoms with Gasteiger partial charge >= 0.3 is 0 Å². The zero-order valence-electron chi connectivity index (χ0n) is 14.2. The number of methoxy groups -OCH3 is 1. The van der Waals surface area contributed by atoms with E-state index in [0.29, 0.717) is 22.6 Å². The van der Waals surface area contributed by atoms with Crippen LogP contribution in [0.1, 0.15) is 33.6 Å². The monoisotopic (exact) mass is 353 g/mol. The summed E-state index contributed by atoms with van der Waals surface area (Å²) < 4.78 is 5.03. The zero-order chi connectivity index (χ0) is 18.5. The summed E-state index contributed by atoms with van der Waals surface area (Å²) in [5.74, 6) is -0.124. The summed E-state index contributed by atoms with van der Waals surface area (Å²) in [6, 6.07) is 13.0. The molecule has 0 atom stereocenters. The van der Waals surface area contributed by atoms with E-state index < -0.39 is 11.8 Å². The molecule has 3 amide bonds. The molecule has 7 heteroatoms. The summed E-state index contributed by atoms with van der Waals surface area (Å²) in [4.78, 5) is 35.8. The lowest BCUT2D eigenvalue weighted by atomic mass is 10.2. The van der Waals surface area contributed by atoms with Crippen LogP contribution in [-0.2, 0) is 4.79 Å². The van der Waals surface area contributed by atoms with Gasteiger partial charge in [0.2, 0.25) is 5.91 Å². The van der Waals surface area contributed by atoms with Crippen molar-refractivity contribution in [1.82, 2.24) is 10.9 Å². The Morgan fingerprint density at radius 1 is 0.846 bits per heavy atom. The van der Waals surface area contributed by atoms with E-state index in [2.05, 4.69) is 16.2 Å². The van der Waals surface area contributed by atoms with E-state index in [-0.39, 0.29) is 11.8 Å². The second kappa shape index (κ2) is 7.69. The van der Waals surface area contributed by atoms with Crippen LogP contribution < -0.4 is 20.9 Å². The van der Waals surface area contributed by atoms with Gasteiger partial charge in [-0.25, -0.2) is 0 Å². The van der Waals surface area contributed by atoms with Crippen LogP contribution in [0.3, 0.4) is 0 Å². The number of carbonyl (C=O) groups excluding carboxylic acids is 3. The van der Waals surface area contributed by atoms with Crippen LogP contribution in [0.25, 0.3) is 0 Å². The highest BCUT2D eigenvalue weighted by molar-refractivity contribution is 5.99. The van der Waals surface area contributed by atoms with Crippen LogP contribution in [0.5, 0.6) is 5.75 Å². The van der Waals surface area contributed by atoms with Crippen molar-refractivity contribution in [3.8, 4) is 5.75 Å². The molecule has 0 saturated heterocycles. The van der Waals surface area contributed by atoms with Gasteiger partial charge in [-0.15, -0.1) is 0 Å². The number of nitrogens with one attached hydrogen (secondary N) is 3. The normalized spacial score (nSPS) is 12.8. The van der Waals surface area contributed by atoms with Crippen molar-refractivity contribution in [2.75, 3.05) is 12.4 Å². The Balaban J connectivity index is 1.52. The fourth-order valence-corrected chi connectivity index (χ4v) is 2.30. The Hall–Kier alpha value is -3.35. The fraction of sp³-hybridized carbons (Fsp3) is 0.211. The minimum Gasteiger partial charge on any atom is -0.497 e. The number of rotatable bonds is 5. The third kappa shape index (κ3) is 4.38. The summed E-state index contributed by atoms with van der Waals surface area (Å²) >= 11 is 0. The number of ether oxygens (including phenoxy) is 1. The average molecular weight is 353 g/mol. The molecular formula is C19H19N3O4. The molecule has 0 aromatic heterocycles. The molecule has 3 rings (SSSR count). The number of amides is 3. The first-order chi connectivity index (χ1) is 12.6. The van der Waals surface area contributed by atoms with Crippen LogP contribution in [0.2, 0.25) is 0 Å². The summed E-state index contributed by atoms with van der Waals surface area (Å²) in [6.07, 6.45) is 1.86. The molecule has 134 valence electrons. The quantitative estimate of drug-likeness (QED) is 0.717. The van der Waals surface area contributed by atoms with Gasteiger partial charge in [0.1, 0.15) is 5.75 Å². The maximum atomic E-state index is 12.1. The smallest absolute Gasteiger partial charge is 0.269 e. The summed E-state index contributed by atoms with van der Waals surface area (Å²) in [6.45, 7) is 0. The highest BCUT2D eigenvalue weighted by Crippen LogP contribution is 2.30. The first-order valence-corrected chi connectivity index (χ1v) is 8.22. The van der Waals surface area contributed by atoms with Crippen molar-refractivity contribution in [2.45, 2.75) is 12.8 Å². The summed E-state index contributed by atoms with van der Waals surface area (Å²) in [5.41, 5.74) is 6.11. The number of anilines is 1. The number of benzene rings is 2. The van der Waals surface area contributed by atoms with E-state index in [1.54, 1.807) is 48.5 Å². The molecule has 1 aliphatic carbocycles. The van der Waals surface area contributed by atoms with Crippen LogP contribution in [0, 0.1) is 5.92 Å². The van der Waals surface area contributed by atoms with Crippen molar-refractivity contribution in [3.63, 3.8) is 0 Å². The van der Waals surface area contributed by atoms with Crippen molar-refractivity contribution in [3.05, 3.63) is 59.7 Å². The standard InChI is InChI=1S/C19H19N3O4/c1-26-16-10-6-14(7-11-16)19(25)22-21-18(24)13-4-8-15(9-5-13)20-17(23)12-2-3-12/h4-12H,2-3H2,1H3,(H,20,23)(H,21,24)(H,22,25). The Morgan fingerprint density at radius 3 is 1.81 bits per heavy atom. The van der Waals surface area contributed by atoms with E-state index >= 15 is 0 Å². The number of hydrogen-bond donors (Lipinski definition) is 3. The fourth-order valence-electron chi connectivity index (χ4n) is 2.30. The van der Waals surface area contributed by atoms with Crippen LogP contribution in [0.15, 0.2) is 48.5 Å². The van der Waals surface area contributed by atoms with Gasteiger partial charge in [0.15, 0.2) is 0 Å². The molecule has 1 aliphatic rings. The lowest BCUT2D eigenvalue weighted by molar-refractivity contribution is -0.117. The summed E-state index contributed by atoms with van der Waals surface area (Å²) in [5, 5.41) is 2.80. The lowest BCUT2D eigenvalue weighted by Gasteiger charge is -2.09. The molecule has 0 unspecified atom stereocenters. The second-order valence-corrected chi connectivity index (χ2v) is 5.98. The maximum absolute atomic E-state index is 12.1. The van der Waals surface area contributed by atoms with Gasteiger partial charge in [-0.2, -0.15) is 0 Å². The van der Waals surface area contributed by atoms with E-state index in [1.165, 1.54) is 7.11 Å². The Morgan fingerprint density at radius 2 is 1.35 bits per heavy atom. The van der Waals surface area contributed by atoms with Crippen molar-refractivity contribution in [2.24, 2.45) is 5.92 Å². The molecule has 3 N–H and O–H groups in total.